The van der Waals surface area contributed by atoms with Gasteiger partial charge in [0.15, 0.2) is 0 Å². The highest BCUT2D eigenvalue weighted by molar-refractivity contribution is 8.00. The summed E-state index contributed by atoms with van der Waals surface area (Å²) < 4.78 is 14.7. The van der Waals surface area contributed by atoms with E-state index >= 15 is 0 Å². The molecule has 0 saturated heterocycles. The predicted molar refractivity (Wildman–Crippen MR) is 100 cm³/mol. The molecule has 1 aromatic heterocycles. The molecule has 3 rings (SSSR count). The first kappa shape index (κ1) is 16.1. The predicted octanol–water partition coefficient (Wildman–Crippen LogP) is 3.06. The monoisotopic (exact) mass is 342 g/mol. The summed E-state index contributed by atoms with van der Waals surface area (Å²) in [7, 11) is -2.37. The Balaban J connectivity index is 2.07. The molecule has 0 aliphatic rings. The number of hydrogen-bond acceptors (Lipinski definition) is 5. The molecule has 0 radical (unpaired) electrons. The fourth-order valence-electron chi connectivity index (χ4n) is 2.34. The summed E-state index contributed by atoms with van der Waals surface area (Å²) in [6.07, 6.45) is 3.01. The van der Waals surface area contributed by atoms with E-state index in [1.165, 1.54) is 12.6 Å². The van der Waals surface area contributed by atoms with Gasteiger partial charge in [0.1, 0.15) is 17.9 Å². The van der Waals surface area contributed by atoms with Crippen LogP contribution in [0.1, 0.15) is 5.56 Å². The Hall–Kier alpha value is -2.80. The van der Waals surface area contributed by atoms with Crippen LogP contribution in [0.25, 0.3) is 10.9 Å². The van der Waals surface area contributed by atoms with Crippen LogP contribution >= 0.6 is 0 Å². The normalized spacial score (nSPS) is 13.4. The second-order valence-electron chi connectivity index (χ2n) is 5.69. The first-order valence-electron chi connectivity index (χ1n) is 7.23. The minimum Gasteiger partial charge on any atom is -0.508 e. The van der Waals surface area contributed by atoms with Gasteiger partial charge in [0.2, 0.25) is 0 Å². The second-order valence-corrected chi connectivity index (χ2v) is 7.90. The molecule has 1 atom stereocenters. The Labute approximate surface area is 140 Å². The van der Waals surface area contributed by atoms with E-state index in [2.05, 4.69) is 25.9 Å². The topological polar surface area (TPSA) is 87.1 Å². The van der Waals surface area contributed by atoms with Gasteiger partial charge in [-0.2, -0.15) is 0 Å². The van der Waals surface area contributed by atoms with Crippen LogP contribution < -0.4 is 10.0 Å². The number of anilines is 3. The SMILES string of the molecule is C=S(C)(=O)Nc1ccc2ncnc(Nc3cc(O)ccc3C)c2c1. The van der Waals surface area contributed by atoms with Crippen LogP contribution in [0.5, 0.6) is 5.75 Å². The summed E-state index contributed by atoms with van der Waals surface area (Å²) in [4.78, 5) is 8.54. The zero-order valence-electron chi connectivity index (χ0n) is 13.4. The third-order valence-corrected chi connectivity index (χ3v) is 4.11. The lowest BCUT2D eigenvalue weighted by Crippen LogP contribution is -2.09. The van der Waals surface area contributed by atoms with Gasteiger partial charge in [-0.05, 0) is 42.6 Å². The van der Waals surface area contributed by atoms with Gasteiger partial charge >= 0.3 is 0 Å². The van der Waals surface area contributed by atoms with E-state index in [0.29, 0.717) is 11.5 Å². The van der Waals surface area contributed by atoms with E-state index in [-0.39, 0.29) is 5.75 Å². The highest BCUT2D eigenvalue weighted by Crippen LogP contribution is 2.29. The molecule has 0 spiro atoms. The number of aromatic nitrogens is 2. The maximum Gasteiger partial charge on any atom is 0.141 e. The Kier molecular flexibility index (Phi) is 4.02. The van der Waals surface area contributed by atoms with Gasteiger partial charge < -0.3 is 15.1 Å². The van der Waals surface area contributed by atoms with Crippen molar-refractivity contribution in [3.05, 3.63) is 48.3 Å². The molecule has 7 heteroatoms. The molecule has 0 aliphatic heterocycles. The average molecular weight is 342 g/mol. The number of hydrogen-bond donors (Lipinski definition) is 3. The zero-order chi connectivity index (χ0) is 17.3. The largest absolute Gasteiger partial charge is 0.508 e. The number of nitrogens with one attached hydrogen (secondary N) is 2. The summed E-state index contributed by atoms with van der Waals surface area (Å²) in [5, 5.41) is 13.7. The molecule has 3 aromatic rings. The second kappa shape index (κ2) is 6.01. The first-order valence-corrected chi connectivity index (χ1v) is 9.37. The average Bonchev–Trinajstić information content (AvgIpc) is 2.50. The van der Waals surface area contributed by atoms with Crippen molar-refractivity contribution in [1.29, 1.82) is 0 Å². The summed E-state index contributed by atoms with van der Waals surface area (Å²) in [6, 6.07) is 10.5. The van der Waals surface area contributed by atoms with E-state index in [9.17, 15) is 9.32 Å². The van der Waals surface area contributed by atoms with Crippen LogP contribution in [0, 0.1) is 6.92 Å². The van der Waals surface area contributed by atoms with E-state index in [1.54, 1.807) is 18.2 Å². The summed E-state index contributed by atoms with van der Waals surface area (Å²) in [5.41, 5.74) is 3.16. The Morgan fingerprint density at radius 1 is 1.17 bits per heavy atom. The van der Waals surface area contributed by atoms with Crippen LogP contribution in [0.4, 0.5) is 17.2 Å². The van der Waals surface area contributed by atoms with Gasteiger partial charge in [0.25, 0.3) is 0 Å². The lowest BCUT2D eigenvalue weighted by molar-refractivity contribution is 0.475. The molecule has 0 amide bonds. The van der Waals surface area contributed by atoms with E-state index in [1.807, 2.05) is 25.1 Å². The number of aryl methyl sites for hydroxylation is 1. The molecular weight excluding hydrogens is 324 g/mol. The third-order valence-electron chi connectivity index (χ3n) is 3.44. The fourth-order valence-corrected chi connectivity index (χ4v) is 2.97. The molecule has 0 bridgehead atoms. The van der Waals surface area contributed by atoms with E-state index in [0.717, 1.165) is 22.2 Å². The number of nitrogens with zero attached hydrogens (tertiary/aromatic N) is 2. The minimum absolute atomic E-state index is 0.173. The molecule has 24 heavy (non-hydrogen) atoms. The maximum absolute atomic E-state index is 11.9. The summed E-state index contributed by atoms with van der Waals surface area (Å²) in [6.45, 7) is 1.94. The van der Waals surface area contributed by atoms with Crippen molar-refractivity contribution < 1.29 is 9.32 Å². The van der Waals surface area contributed by atoms with Gasteiger partial charge in [-0.1, -0.05) is 6.07 Å². The quantitative estimate of drug-likeness (QED) is 0.634. The van der Waals surface area contributed by atoms with Crippen LogP contribution in [-0.2, 0) is 9.71 Å². The highest BCUT2D eigenvalue weighted by Gasteiger charge is 2.08. The van der Waals surface area contributed by atoms with Gasteiger partial charge in [-0.15, -0.1) is 0 Å². The van der Waals surface area contributed by atoms with Crippen molar-refractivity contribution in [1.82, 2.24) is 9.97 Å². The lowest BCUT2D eigenvalue weighted by atomic mass is 10.1. The highest BCUT2D eigenvalue weighted by atomic mass is 32.2. The number of fused-ring (bicyclic) bond motifs is 1. The summed E-state index contributed by atoms with van der Waals surface area (Å²) >= 11 is 0. The number of phenols is 1. The summed E-state index contributed by atoms with van der Waals surface area (Å²) in [5.74, 6) is 4.37. The standard InChI is InChI=1S/C17H18N4O2S/c1-11-4-6-13(22)9-16(11)20-17-14-8-12(21-24(2,3)23)5-7-15(14)18-10-19-17/h4-10,22H,2H2,1,3H3,(H,21,23)(H,18,19,20). The number of rotatable bonds is 4. The molecule has 2 aromatic carbocycles. The van der Waals surface area contributed by atoms with Gasteiger partial charge in [0.05, 0.1) is 5.52 Å². The molecule has 124 valence electrons. The molecule has 0 fully saturated rings. The van der Waals surface area contributed by atoms with Crippen LogP contribution in [0.15, 0.2) is 42.7 Å². The fraction of sp³-hybridized carbons (Fsp3) is 0.118. The molecule has 1 heterocycles. The van der Waals surface area contributed by atoms with Crippen molar-refractivity contribution in [2.45, 2.75) is 6.92 Å². The van der Waals surface area contributed by atoms with Crippen molar-refractivity contribution in [3.63, 3.8) is 0 Å². The van der Waals surface area contributed by atoms with Crippen LogP contribution in [0.2, 0.25) is 0 Å². The molecule has 0 saturated carbocycles. The van der Waals surface area contributed by atoms with Gasteiger partial charge in [-0.25, -0.2) is 14.2 Å². The number of phenolic OH excluding ortho intramolecular Hbond substituents is 1. The molecule has 0 aliphatic carbocycles. The molecular formula is C17H18N4O2S. The maximum atomic E-state index is 11.9. The number of benzene rings is 2. The third kappa shape index (κ3) is 3.57. The Morgan fingerprint density at radius 3 is 2.71 bits per heavy atom. The zero-order valence-corrected chi connectivity index (χ0v) is 14.2. The van der Waals surface area contributed by atoms with Crippen molar-refractivity contribution >= 4 is 43.7 Å². The van der Waals surface area contributed by atoms with Crippen molar-refractivity contribution in [2.24, 2.45) is 0 Å². The first-order chi connectivity index (χ1) is 11.3. The lowest BCUT2D eigenvalue weighted by Gasteiger charge is -2.13. The smallest absolute Gasteiger partial charge is 0.141 e. The van der Waals surface area contributed by atoms with Crippen LogP contribution in [-0.4, -0.2) is 31.4 Å². The van der Waals surface area contributed by atoms with Crippen molar-refractivity contribution in [2.75, 3.05) is 16.3 Å². The van der Waals surface area contributed by atoms with E-state index in [4.69, 9.17) is 0 Å². The molecule has 1 unspecified atom stereocenters. The molecule has 3 N–H and O–H groups in total. The minimum atomic E-state index is -2.37. The Bertz CT molecular complexity index is 1020. The van der Waals surface area contributed by atoms with Gasteiger partial charge in [-0.3, -0.25) is 0 Å². The Morgan fingerprint density at radius 2 is 1.96 bits per heavy atom. The van der Waals surface area contributed by atoms with Crippen molar-refractivity contribution in [3.8, 4) is 5.75 Å². The van der Waals surface area contributed by atoms with Crippen LogP contribution in [0.3, 0.4) is 0 Å². The number of aromatic hydroxyl groups is 1. The van der Waals surface area contributed by atoms with Gasteiger partial charge in [0, 0.05) is 38.8 Å². The van der Waals surface area contributed by atoms with E-state index < -0.39 is 9.71 Å². The molecule has 6 nitrogen and oxygen atoms in total.